The fraction of sp³-hybridized carbons (Fsp3) is 0.381. The van der Waals surface area contributed by atoms with Crippen LogP contribution in [0.25, 0.3) is 11.0 Å². The third-order valence-electron chi connectivity index (χ3n) is 5.19. The van der Waals surface area contributed by atoms with Crippen LogP contribution in [0.3, 0.4) is 0 Å². The summed E-state index contributed by atoms with van der Waals surface area (Å²) >= 11 is 0. The molecule has 1 fully saturated rings. The van der Waals surface area contributed by atoms with Crippen molar-refractivity contribution >= 4 is 22.7 Å². The van der Waals surface area contributed by atoms with E-state index in [1.54, 1.807) is 0 Å². The van der Waals surface area contributed by atoms with Crippen LogP contribution >= 0.6 is 0 Å². The molecule has 0 atom stereocenters. The van der Waals surface area contributed by atoms with Crippen LogP contribution in [0.5, 0.6) is 0 Å². The highest BCUT2D eigenvalue weighted by atomic mass is 15.3. The number of para-hydroxylation sites is 2. The van der Waals surface area contributed by atoms with Gasteiger partial charge in [0.15, 0.2) is 0 Å². The van der Waals surface area contributed by atoms with Crippen molar-refractivity contribution in [3.8, 4) is 0 Å². The van der Waals surface area contributed by atoms with Crippen LogP contribution in [0, 0.1) is 0 Å². The molecule has 26 heavy (non-hydrogen) atoms. The first kappa shape index (κ1) is 16.9. The van der Waals surface area contributed by atoms with Gasteiger partial charge < -0.3 is 15.2 Å². The Labute approximate surface area is 155 Å². The van der Waals surface area contributed by atoms with E-state index < -0.39 is 0 Å². The molecule has 2 aromatic carbocycles. The zero-order valence-electron chi connectivity index (χ0n) is 15.4. The summed E-state index contributed by atoms with van der Waals surface area (Å²) in [6.45, 7) is 8.52. The fourth-order valence-corrected chi connectivity index (χ4v) is 3.66. The van der Waals surface area contributed by atoms with Gasteiger partial charge in [0.05, 0.1) is 11.0 Å². The first-order chi connectivity index (χ1) is 12.8. The summed E-state index contributed by atoms with van der Waals surface area (Å²) < 4.78 is 0. The summed E-state index contributed by atoms with van der Waals surface area (Å²) in [5.41, 5.74) is 4.83. The zero-order chi connectivity index (χ0) is 17.8. The van der Waals surface area contributed by atoms with Crippen LogP contribution in [0.1, 0.15) is 12.5 Å². The lowest BCUT2D eigenvalue weighted by atomic mass is 10.1. The van der Waals surface area contributed by atoms with Gasteiger partial charge in [-0.3, -0.25) is 4.90 Å². The van der Waals surface area contributed by atoms with E-state index in [0.717, 1.165) is 62.7 Å². The summed E-state index contributed by atoms with van der Waals surface area (Å²) in [5.74, 6) is 0.879. The second-order valence-corrected chi connectivity index (χ2v) is 6.84. The first-order valence-electron chi connectivity index (χ1n) is 9.57. The second-order valence-electron chi connectivity index (χ2n) is 6.84. The number of anilines is 2. The Morgan fingerprint density at radius 3 is 2.58 bits per heavy atom. The highest BCUT2D eigenvalue weighted by Crippen LogP contribution is 2.19. The smallest absolute Gasteiger partial charge is 0.201 e. The predicted molar refractivity (Wildman–Crippen MR) is 109 cm³/mol. The molecule has 0 spiro atoms. The molecule has 1 aromatic heterocycles. The topological polar surface area (TPSA) is 47.2 Å². The molecule has 2 N–H and O–H groups in total. The summed E-state index contributed by atoms with van der Waals surface area (Å²) in [5, 5.41) is 3.45. The molecular weight excluding hydrogens is 322 g/mol. The molecule has 5 heteroatoms. The Morgan fingerprint density at radius 2 is 1.81 bits per heavy atom. The average molecular weight is 349 g/mol. The van der Waals surface area contributed by atoms with Gasteiger partial charge in [-0.05, 0) is 30.2 Å². The van der Waals surface area contributed by atoms with Crippen LogP contribution in [-0.2, 0) is 6.42 Å². The maximum absolute atomic E-state index is 4.72. The van der Waals surface area contributed by atoms with Crippen LogP contribution in [-0.4, -0.2) is 54.1 Å². The summed E-state index contributed by atoms with van der Waals surface area (Å²) in [6, 6.07) is 17.0. The van der Waals surface area contributed by atoms with Crippen molar-refractivity contribution in [3.63, 3.8) is 0 Å². The van der Waals surface area contributed by atoms with Gasteiger partial charge in [0, 0.05) is 45.0 Å². The third kappa shape index (κ3) is 3.68. The van der Waals surface area contributed by atoms with Crippen molar-refractivity contribution in [3.05, 3.63) is 54.1 Å². The number of nitrogens with zero attached hydrogens (tertiary/aromatic N) is 3. The molecular formula is C21H27N5. The highest BCUT2D eigenvalue weighted by Gasteiger charge is 2.16. The van der Waals surface area contributed by atoms with Crippen molar-refractivity contribution < 1.29 is 0 Å². The van der Waals surface area contributed by atoms with E-state index in [0.29, 0.717) is 0 Å². The third-order valence-corrected chi connectivity index (χ3v) is 5.19. The molecule has 1 aliphatic rings. The Morgan fingerprint density at radius 1 is 1.00 bits per heavy atom. The minimum atomic E-state index is 0.879. The van der Waals surface area contributed by atoms with E-state index in [2.05, 4.69) is 75.6 Å². The summed E-state index contributed by atoms with van der Waals surface area (Å²) in [7, 11) is 0. The lowest BCUT2D eigenvalue weighted by Gasteiger charge is -2.36. The Balaban J connectivity index is 1.27. The largest absolute Gasteiger partial charge is 0.369 e. The van der Waals surface area contributed by atoms with Crippen molar-refractivity contribution in [1.82, 2.24) is 14.9 Å². The van der Waals surface area contributed by atoms with E-state index in [4.69, 9.17) is 4.98 Å². The molecule has 1 aliphatic heterocycles. The van der Waals surface area contributed by atoms with E-state index >= 15 is 0 Å². The normalized spacial score (nSPS) is 15.5. The molecule has 0 unspecified atom stereocenters. The molecule has 5 nitrogen and oxygen atoms in total. The van der Waals surface area contributed by atoms with Crippen molar-refractivity contribution in [2.45, 2.75) is 13.3 Å². The number of fused-ring (bicyclic) bond motifs is 1. The van der Waals surface area contributed by atoms with Gasteiger partial charge in [0.2, 0.25) is 5.95 Å². The first-order valence-corrected chi connectivity index (χ1v) is 9.57. The average Bonchev–Trinajstić information content (AvgIpc) is 3.12. The van der Waals surface area contributed by atoms with Gasteiger partial charge in [-0.25, -0.2) is 4.98 Å². The van der Waals surface area contributed by atoms with E-state index in [-0.39, 0.29) is 0 Å². The molecule has 0 bridgehead atoms. The predicted octanol–water partition coefficient (Wildman–Crippen LogP) is 3.36. The number of benzene rings is 2. The molecule has 3 aromatic rings. The zero-order valence-corrected chi connectivity index (χ0v) is 15.4. The number of nitrogens with one attached hydrogen (secondary N) is 2. The van der Waals surface area contributed by atoms with Gasteiger partial charge in [-0.1, -0.05) is 37.3 Å². The number of aromatic nitrogens is 2. The molecule has 0 saturated carbocycles. The lowest BCUT2D eigenvalue weighted by molar-refractivity contribution is 0.267. The maximum atomic E-state index is 4.72. The van der Waals surface area contributed by atoms with Gasteiger partial charge in [0.25, 0.3) is 0 Å². The Bertz CT molecular complexity index is 834. The van der Waals surface area contributed by atoms with Crippen LogP contribution < -0.4 is 10.2 Å². The molecule has 0 aliphatic carbocycles. The quantitative estimate of drug-likeness (QED) is 0.716. The minimum absolute atomic E-state index is 0.879. The number of imidazole rings is 1. The number of aryl methyl sites for hydroxylation is 1. The fourth-order valence-electron chi connectivity index (χ4n) is 3.66. The number of H-pyrrole nitrogens is 1. The van der Waals surface area contributed by atoms with E-state index in [1.165, 1.54) is 11.3 Å². The molecule has 4 rings (SSSR count). The SMILES string of the molecule is CCc1cccc2[nH]c(NCCN3CCN(c4ccccc4)CC3)nc12. The van der Waals surface area contributed by atoms with Crippen molar-refractivity contribution in [2.75, 3.05) is 49.5 Å². The monoisotopic (exact) mass is 349 g/mol. The maximum Gasteiger partial charge on any atom is 0.201 e. The summed E-state index contributed by atoms with van der Waals surface area (Å²) in [4.78, 5) is 13.1. The van der Waals surface area contributed by atoms with Crippen LogP contribution in [0.2, 0.25) is 0 Å². The highest BCUT2D eigenvalue weighted by molar-refractivity contribution is 5.80. The molecule has 136 valence electrons. The molecule has 0 radical (unpaired) electrons. The summed E-state index contributed by atoms with van der Waals surface area (Å²) in [6.07, 6.45) is 1.01. The Hall–Kier alpha value is -2.53. The molecule has 1 saturated heterocycles. The number of hydrogen-bond acceptors (Lipinski definition) is 4. The van der Waals surface area contributed by atoms with Gasteiger partial charge in [0.1, 0.15) is 0 Å². The van der Waals surface area contributed by atoms with Gasteiger partial charge >= 0.3 is 0 Å². The lowest BCUT2D eigenvalue weighted by Crippen LogP contribution is -2.47. The minimum Gasteiger partial charge on any atom is -0.369 e. The Kier molecular flexibility index (Phi) is 5.07. The molecule has 0 amide bonds. The van der Waals surface area contributed by atoms with Crippen molar-refractivity contribution in [1.29, 1.82) is 0 Å². The number of aromatic amines is 1. The molecule has 2 heterocycles. The number of piperazine rings is 1. The van der Waals surface area contributed by atoms with Gasteiger partial charge in [-0.2, -0.15) is 0 Å². The van der Waals surface area contributed by atoms with E-state index in [9.17, 15) is 0 Å². The van der Waals surface area contributed by atoms with Gasteiger partial charge in [-0.15, -0.1) is 0 Å². The van der Waals surface area contributed by atoms with Crippen LogP contribution in [0.15, 0.2) is 48.5 Å². The van der Waals surface area contributed by atoms with E-state index in [1.807, 2.05) is 0 Å². The van der Waals surface area contributed by atoms with Crippen LogP contribution in [0.4, 0.5) is 11.6 Å². The second kappa shape index (κ2) is 7.79. The number of hydrogen-bond donors (Lipinski definition) is 2. The van der Waals surface area contributed by atoms with Crippen molar-refractivity contribution in [2.24, 2.45) is 0 Å². The number of rotatable bonds is 6. The standard InChI is InChI=1S/C21H27N5/c1-2-17-7-6-10-19-20(17)24-21(23-19)22-11-12-25-13-15-26(16-14-25)18-8-4-3-5-9-18/h3-10H,2,11-16H2,1H3,(H2,22,23,24).